The molecule has 0 bridgehead atoms. The highest BCUT2D eigenvalue weighted by Gasteiger charge is 2.36. The van der Waals surface area contributed by atoms with Crippen molar-refractivity contribution < 1.29 is 32.2 Å². The summed E-state index contributed by atoms with van der Waals surface area (Å²) in [6.45, 7) is 8.39. The standard InChI is InChI=1S/C30H38BrF3N6O4/c1-29(2,3)44-28(42)35-12-6-8-14-40-13-7-5-9-18(17-40)38-27-37-16-22(30(32,33)34)24(39-27)21-15-36-25-19(21)10-11-20(23(25)31)26(41)43-4/h10-11,15-16,18,36H,5-9,12-14,17H2,1-4H3,(H,35,42)(H,37,38,39)/t18-/m0/s1. The van der Waals surface area contributed by atoms with Crippen molar-refractivity contribution in [1.82, 2.24) is 25.2 Å². The SMILES string of the molecule is COC(=O)c1ccc2c(-c3nc(N[C@H]4CCCCN(CCCCNC(=O)OC(C)(C)C)C4)ncc3C(F)(F)F)c[nH]c2c1Br. The maximum Gasteiger partial charge on any atom is 0.419 e. The Hall–Kier alpha value is -3.39. The van der Waals surface area contributed by atoms with Crippen molar-refractivity contribution >= 4 is 44.8 Å². The number of halogens is 4. The van der Waals surface area contributed by atoms with Crippen LogP contribution in [0.3, 0.4) is 0 Å². The molecule has 1 amide bonds. The van der Waals surface area contributed by atoms with E-state index >= 15 is 0 Å². The van der Waals surface area contributed by atoms with Crippen molar-refractivity contribution in [2.24, 2.45) is 0 Å². The Morgan fingerprint density at radius 2 is 1.95 bits per heavy atom. The van der Waals surface area contributed by atoms with Gasteiger partial charge in [0.2, 0.25) is 5.95 Å². The summed E-state index contributed by atoms with van der Waals surface area (Å²) in [5, 5.41) is 6.51. The summed E-state index contributed by atoms with van der Waals surface area (Å²) in [4.78, 5) is 37.7. The molecular formula is C30H38BrF3N6O4. The number of anilines is 1. The predicted molar refractivity (Wildman–Crippen MR) is 165 cm³/mol. The number of unbranched alkanes of at least 4 members (excludes halogenated alkanes) is 1. The van der Waals surface area contributed by atoms with Gasteiger partial charge in [0.1, 0.15) is 11.2 Å². The number of carbonyl (C=O) groups excluding carboxylic acids is 2. The predicted octanol–water partition coefficient (Wildman–Crippen LogP) is 6.76. The number of methoxy groups -OCH3 is 1. The minimum atomic E-state index is -4.68. The Labute approximate surface area is 262 Å². The number of benzene rings is 1. The van der Waals surface area contributed by atoms with E-state index in [2.05, 4.69) is 46.4 Å². The third-order valence-electron chi connectivity index (χ3n) is 7.21. The average molecular weight is 684 g/mol. The molecule has 1 aromatic carbocycles. The number of alkyl halides is 3. The molecule has 0 unspecified atom stereocenters. The van der Waals surface area contributed by atoms with Crippen LogP contribution in [0.15, 0.2) is 29.0 Å². The summed E-state index contributed by atoms with van der Waals surface area (Å²) in [5.41, 5.74) is -0.839. The number of hydrogen-bond donors (Lipinski definition) is 3. The number of rotatable bonds is 9. The number of nitrogens with one attached hydrogen (secondary N) is 3. The van der Waals surface area contributed by atoms with E-state index in [0.717, 1.165) is 51.4 Å². The van der Waals surface area contributed by atoms with E-state index in [-0.39, 0.29) is 28.8 Å². The zero-order chi connectivity index (χ0) is 32.1. The van der Waals surface area contributed by atoms with Gasteiger partial charge in [-0.15, -0.1) is 0 Å². The van der Waals surface area contributed by atoms with E-state index in [1.807, 2.05) is 20.8 Å². The lowest BCUT2D eigenvalue weighted by Gasteiger charge is -2.25. The molecule has 3 N–H and O–H groups in total. The Balaban J connectivity index is 1.47. The van der Waals surface area contributed by atoms with Gasteiger partial charge in [-0.3, -0.25) is 0 Å². The quantitative estimate of drug-likeness (QED) is 0.167. The summed E-state index contributed by atoms with van der Waals surface area (Å²) >= 11 is 3.38. The zero-order valence-corrected chi connectivity index (χ0v) is 26.8. The van der Waals surface area contributed by atoms with Crippen LogP contribution in [-0.2, 0) is 15.7 Å². The molecule has 1 aliphatic rings. The minimum absolute atomic E-state index is 0.0540. The second kappa shape index (κ2) is 14.1. The molecule has 4 rings (SSSR count). The van der Waals surface area contributed by atoms with E-state index in [9.17, 15) is 22.8 Å². The van der Waals surface area contributed by atoms with Crippen molar-refractivity contribution in [3.05, 3.63) is 40.1 Å². The number of ether oxygens (including phenoxy) is 2. The molecule has 1 saturated heterocycles. The summed E-state index contributed by atoms with van der Waals surface area (Å²) in [6, 6.07) is 3.01. The fourth-order valence-corrected chi connectivity index (χ4v) is 5.80. The lowest BCUT2D eigenvalue weighted by atomic mass is 10.0. The van der Waals surface area contributed by atoms with E-state index < -0.39 is 29.4 Å². The lowest BCUT2D eigenvalue weighted by molar-refractivity contribution is -0.137. The maximum atomic E-state index is 14.1. The molecule has 14 heteroatoms. The van der Waals surface area contributed by atoms with Crippen LogP contribution in [0.1, 0.15) is 68.8 Å². The molecule has 1 aliphatic heterocycles. The maximum absolute atomic E-state index is 14.1. The van der Waals surface area contributed by atoms with Gasteiger partial charge in [0.15, 0.2) is 0 Å². The van der Waals surface area contributed by atoms with E-state index in [0.29, 0.717) is 28.5 Å². The van der Waals surface area contributed by atoms with Gasteiger partial charge < -0.3 is 30.0 Å². The Morgan fingerprint density at radius 3 is 2.66 bits per heavy atom. The largest absolute Gasteiger partial charge is 0.465 e. The van der Waals surface area contributed by atoms with Crippen molar-refractivity contribution in [2.75, 3.05) is 38.6 Å². The van der Waals surface area contributed by atoms with Crippen LogP contribution < -0.4 is 10.6 Å². The molecule has 44 heavy (non-hydrogen) atoms. The molecule has 0 spiro atoms. The summed E-state index contributed by atoms with van der Waals surface area (Å²) < 4.78 is 52.7. The average Bonchev–Trinajstić information content (AvgIpc) is 3.25. The van der Waals surface area contributed by atoms with Crippen LogP contribution in [0.25, 0.3) is 22.2 Å². The smallest absolute Gasteiger partial charge is 0.419 e. The molecule has 240 valence electrons. The number of likely N-dealkylation sites (tertiary alicyclic amines) is 1. The van der Waals surface area contributed by atoms with Gasteiger partial charge >= 0.3 is 18.2 Å². The van der Waals surface area contributed by atoms with Crippen molar-refractivity contribution in [3.63, 3.8) is 0 Å². The first-order chi connectivity index (χ1) is 20.8. The van der Waals surface area contributed by atoms with Gasteiger partial charge in [0.05, 0.1) is 28.4 Å². The first-order valence-electron chi connectivity index (χ1n) is 14.5. The molecule has 10 nitrogen and oxygen atoms in total. The van der Waals surface area contributed by atoms with Crippen molar-refractivity contribution in [2.45, 2.75) is 70.7 Å². The molecule has 0 saturated carbocycles. The van der Waals surface area contributed by atoms with Gasteiger partial charge in [-0.05, 0) is 81.5 Å². The molecule has 0 aliphatic carbocycles. The first-order valence-corrected chi connectivity index (χ1v) is 15.3. The topological polar surface area (TPSA) is 121 Å². The molecule has 2 aromatic heterocycles. The number of fused-ring (bicyclic) bond motifs is 1. The van der Waals surface area contributed by atoms with Gasteiger partial charge in [-0.2, -0.15) is 13.2 Å². The molecular weight excluding hydrogens is 645 g/mol. The second-order valence-corrected chi connectivity index (χ2v) is 12.6. The summed E-state index contributed by atoms with van der Waals surface area (Å²) in [5.74, 6) is -0.463. The first kappa shape index (κ1) is 33.5. The summed E-state index contributed by atoms with van der Waals surface area (Å²) in [6.07, 6.45) is 1.60. The fraction of sp³-hybridized carbons (Fsp3) is 0.533. The van der Waals surface area contributed by atoms with E-state index in [1.54, 1.807) is 6.07 Å². The number of carbonyl (C=O) groups is 2. The van der Waals surface area contributed by atoms with Crippen LogP contribution in [0.2, 0.25) is 0 Å². The number of amides is 1. The highest BCUT2D eigenvalue weighted by molar-refractivity contribution is 9.10. The number of aromatic nitrogens is 3. The normalized spacial score (nSPS) is 16.4. The van der Waals surface area contributed by atoms with E-state index in [1.165, 1.54) is 19.4 Å². The second-order valence-electron chi connectivity index (χ2n) is 11.8. The Kier molecular flexibility index (Phi) is 10.8. The van der Waals surface area contributed by atoms with Gasteiger partial charge in [-0.1, -0.05) is 12.5 Å². The monoisotopic (exact) mass is 682 g/mol. The zero-order valence-electron chi connectivity index (χ0n) is 25.2. The van der Waals surface area contributed by atoms with Gasteiger partial charge in [0.25, 0.3) is 0 Å². The van der Waals surface area contributed by atoms with Crippen LogP contribution in [0.4, 0.5) is 23.9 Å². The number of esters is 1. The highest BCUT2D eigenvalue weighted by atomic mass is 79.9. The number of H-pyrrole nitrogens is 1. The van der Waals surface area contributed by atoms with Crippen LogP contribution >= 0.6 is 15.9 Å². The number of alkyl carbamates (subject to hydrolysis) is 1. The van der Waals surface area contributed by atoms with Crippen LogP contribution in [0, 0.1) is 0 Å². The third-order valence-corrected chi connectivity index (χ3v) is 8.03. The van der Waals surface area contributed by atoms with Crippen LogP contribution in [-0.4, -0.2) is 76.8 Å². The summed E-state index contributed by atoms with van der Waals surface area (Å²) in [7, 11) is 1.25. The highest BCUT2D eigenvalue weighted by Crippen LogP contribution is 2.40. The van der Waals surface area contributed by atoms with Gasteiger partial charge in [-0.25, -0.2) is 19.6 Å². The number of nitrogens with zero attached hydrogens (tertiary/aromatic N) is 3. The molecule has 0 radical (unpaired) electrons. The molecule has 1 atom stereocenters. The molecule has 3 aromatic rings. The third kappa shape index (κ3) is 8.62. The Bertz CT molecular complexity index is 1470. The van der Waals surface area contributed by atoms with E-state index in [4.69, 9.17) is 9.47 Å². The van der Waals surface area contributed by atoms with Crippen LogP contribution in [0.5, 0.6) is 0 Å². The van der Waals surface area contributed by atoms with Gasteiger partial charge in [0, 0.05) is 42.5 Å². The molecule has 3 heterocycles. The minimum Gasteiger partial charge on any atom is -0.465 e. The van der Waals surface area contributed by atoms with Crippen molar-refractivity contribution in [1.29, 1.82) is 0 Å². The number of hydrogen-bond acceptors (Lipinski definition) is 8. The Morgan fingerprint density at radius 1 is 1.18 bits per heavy atom. The number of aromatic amines is 1. The lowest BCUT2D eigenvalue weighted by Crippen LogP contribution is -2.36. The van der Waals surface area contributed by atoms with Crippen molar-refractivity contribution in [3.8, 4) is 11.3 Å². The molecule has 1 fully saturated rings. The fourth-order valence-electron chi connectivity index (χ4n) is 5.18.